The maximum atomic E-state index is 12.7. The fourth-order valence-electron chi connectivity index (χ4n) is 2.12. The Hall–Kier alpha value is -2.91. The Morgan fingerprint density at radius 1 is 1.08 bits per heavy atom. The lowest BCUT2D eigenvalue weighted by Crippen LogP contribution is -2.59. The number of imide groups is 2. The Kier molecular flexibility index (Phi) is 4.32. The molecule has 128 valence electrons. The summed E-state index contributed by atoms with van der Waals surface area (Å²) in [5, 5.41) is 2.10. The van der Waals surface area contributed by atoms with Crippen molar-refractivity contribution >= 4 is 29.4 Å². The molecular formula is C14H12F3N3O4. The molecule has 1 heterocycles. The van der Waals surface area contributed by atoms with Crippen LogP contribution in [0.2, 0.25) is 0 Å². The lowest BCUT2D eigenvalue weighted by molar-refractivity contribution is -0.151. The molecule has 1 aromatic carbocycles. The maximum Gasteiger partial charge on any atom is 0.416 e. The summed E-state index contributed by atoms with van der Waals surface area (Å²) < 4.78 is 38.0. The van der Waals surface area contributed by atoms with Gasteiger partial charge in [0.15, 0.2) is 5.92 Å². The predicted molar refractivity (Wildman–Crippen MR) is 74.5 cm³/mol. The highest BCUT2D eigenvalue weighted by atomic mass is 19.4. The van der Waals surface area contributed by atoms with E-state index in [4.69, 9.17) is 0 Å². The van der Waals surface area contributed by atoms with E-state index in [1.807, 2.05) is 0 Å². The van der Waals surface area contributed by atoms with Gasteiger partial charge in [0.25, 0.3) is 11.8 Å². The molecule has 24 heavy (non-hydrogen) atoms. The van der Waals surface area contributed by atoms with Gasteiger partial charge in [-0.15, -0.1) is 0 Å². The van der Waals surface area contributed by atoms with Crippen LogP contribution >= 0.6 is 0 Å². The third-order valence-electron chi connectivity index (χ3n) is 3.45. The van der Waals surface area contributed by atoms with Crippen LogP contribution in [-0.4, -0.2) is 47.6 Å². The van der Waals surface area contributed by atoms with Crippen LogP contribution in [-0.2, 0) is 20.6 Å². The highest BCUT2D eigenvalue weighted by Crippen LogP contribution is 2.30. The van der Waals surface area contributed by atoms with E-state index < -0.39 is 41.4 Å². The Balaban J connectivity index is 2.25. The summed E-state index contributed by atoms with van der Waals surface area (Å²) >= 11 is 0. The normalized spacial score (nSPS) is 16.6. The standard InChI is InChI=1S/C14H12F3N3O4/c1-19-11(22)9(12(23)20(2)13(19)24)10(21)18-8-5-3-4-7(6-8)14(15,16)17/h3-6,9H,1-2H3,(H,18,21). The number of urea groups is 1. The van der Waals surface area contributed by atoms with E-state index in [0.29, 0.717) is 15.9 Å². The first-order valence-corrected chi connectivity index (χ1v) is 6.61. The number of nitrogens with one attached hydrogen (secondary N) is 1. The lowest BCUT2D eigenvalue weighted by Gasteiger charge is -2.32. The molecule has 1 aromatic rings. The zero-order chi connectivity index (χ0) is 18.2. The number of alkyl halides is 3. The Morgan fingerprint density at radius 3 is 2.12 bits per heavy atom. The first-order chi connectivity index (χ1) is 11.0. The summed E-state index contributed by atoms with van der Waals surface area (Å²) in [6.45, 7) is 0. The molecule has 0 bridgehead atoms. The average Bonchev–Trinajstić information content (AvgIpc) is 2.50. The molecule has 1 N–H and O–H groups in total. The van der Waals surface area contributed by atoms with Crippen LogP contribution in [0.3, 0.4) is 0 Å². The van der Waals surface area contributed by atoms with Crippen LogP contribution in [0.5, 0.6) is 0 Å². The van der Waals surface area contributed by atoms with Crippen LogP contribution in [0.15, 0.2) is 24.3 Å². The van der Waals surface area contributed by atoms with Crippen molar-refractivity contribution in [3.8, 4) is 0 Å². The second-order valence-electron chi connectivity index (χ2n) is 5.08. The van der Waals surface area contributed by atoms with Crippen molar-refractivity contribution in [1.29, 1.82) is 0 Å². The van der Waals surface area contributed by atoms with Crippen LogP contribution in [0.4, 0.5) is 23.7 Å². The predicted octanol–water partition coefficient (Wildman–Crippen LogP) is 1.31. The molecule has 0 atom stereocenters. The SMILES string of the molecule is CN1C(=O)C(C(=O)Nc2cccc(C(F)(F)F)c2)C(=O)N(C)C1=O. The van der Waals surface area contributed by atoms with E-state index in [2.05, 4.69) is 5.32 Å². The fourth-order valence-corrected chi connectivity index (χ4v) is 2.12. The van der Waals surface area contributed by atoms with Crippen molar-refractivity contribution in [3.05, 3.63) is 29.8 Å². The van der Waals surface area contributed by atoms with E-state index in [1.165, 1.54) is 6.07 Å². The highest BCUT2D eigenvalue weighted by molar-refractivity contribution is 6.27. The minimum absolute atomic E-state index is 0.224. The monoisotopic (exact) mass is 343 g/mol. The van der Waals surface area contributed by atoms with E-state index in [-0.39, 0.29) is 5.69 Å². The summed E-state index contributed by atoms with van der Waals surface area (Å²) in [4.78, 5) is 48.9. The van der Waals surface area contributed by atoms with Gasteiger partial charge < -0.3 is 5.32 Å². The summed E-state index contributed by atoms with van der Waals surface area (Å²) in [6.07, 6.45) is -4.61. The van der Waals surface area contributed by atoms with Gasteiger partial charge in [0.1, 0.15) is 0 Å². The summed E-state index contributed by atoms with van der Waals surface area (Å²) in [5.74, 6) is -5.05. The molecule has 10 heteroatoms. The molecule has 1 saturated heterocycles. The summed E-state index contributed by atoms with van der Waals surface area (Å²) in [7, 11) is 2.19. The number of hydrogen-bond acceptors (Lipinski definition) is 4. The third-order valence-corrected chi connectivity index (χ3v) is 3.45. The number of anilines is 1. The van der Waals surface area contributed by atoms with E-state index in [0.717, 1.165) is 26.2 Å². The number of halogens is 3. The minimum atomic E-state index is -4.61. The Labute approximate surface area is 134 Å². The first-order valence-electron chi connectivity index (χ1n) is 6.61. The first kappa shape index (κ1) is 17.4. The number of amides is 5. The number of benzene rings is 1. The van der Waals surface area contributed by atoms with E-state index >= 15 is 0 Å². The number of hydrogen-bond donors (Lipinski definition) is 1. The summed E-state index contributed by atoms with van der Waals surface area (Å²) in [6, 6.07) is 2.85. The molecule has 1 aliphatic rings. The average molecular weight is 343 g/mol. The van der Waals surface area contributed by atoms with Crippen LogP contribution < -0.4 is 5.32 Å². The van der Waals surface area contributed by atoms with Gasteiger partial charge in [-0.3, -0.25) is 24.2 Å². The van der Waals surface area contributed by atoms with Crippen LogP contribution in [0.1, 0.15) is 5.56 Å². The molecule has 5 amide bonds. The zero-order valence-corrected chi connectivity index (χ0v) is 12.5. The number of carbonyl (C=O) groups is 4. The van der Waals surface area contributed by atoms with Gasteiger partial charge in [-0.05, 0) is 18.2 Å². The smallest absolute Gasteiger partial charge is 0.325 e. The second kappa shape index (κ2) is 5.95. The van der Waals surface area contributed by atoms with Crippen LogP contribution in [0, 0.1) is 5.92 Å². The molecule has 0 aliphatic carbocycles. The maximum absolute atomic E-state index is 12.7. The number of nitrogens with zero attached hydrogens (tertiary/aromatic N) is 2. The largest absolute Gasteiger partial charge is 0.416 e. The van der Waals surface area contributed by atoms with Gasteiger partial charge in [0.2, 0.25) is 5.91 Å². The number of carbonyl (C=O) groups excluding carboxylic acids is 4. The molecule has 0 radical (unpaired) electrons. The quantitative estimate of drug-likeness (QED) is 0.821. The van der Waals surface area contributed by atoms with Gasteiger partial charge in [-0.2, -0.15) is 13.2 Å². The van der Waals surface area contributed by atoms with Crippen molar-refractivity contribution in [2.45, 2.75) is 6.18 Å². The van der Waals surface area contributed by atoms with Gasteiger partial charge in [0, 0.05) is 19.8 Å². The lowest BCUT2D eigenvalue weighted by atomic mass is 10.0. The van der Waals surface area contributed by atoms with Gasteiger partial charge in [0.05, 0.1) is 5.56 Å². The molecule has 0 aromatic heterocycles. The molecular weight excluding hydrogens is 331 g/mol. The molecule has 0 spiro atoms. The van der Waals surface area contributed by atoms with Gasteiger partial charge in [-0.25, -0.2) is 4.79 Å². The van der Waals surface area contributed by atoms with Gasteiger partial charge >= 0.3 is 12.2 Å². The second-order valence-corrected chi connectivity index (χ2v) is 5.08. The van der Waals surface area contributed by atoms with E-state index in [9.17, 15) is 32.3 Å². The van der Waals surface area contributed by atoms with Crippen molar-refractivity contribution in [2.24, 2.45) is 5.92 Å². The highest BCUT2D eigenvalue weighted by Gasteiger charge is 2.46. The van der Waals surface area contributed by atoms with Crippen LogP contribution in [0.25, 0.3) is 0 Å². The molecule has 2 rings (SSSR count). The van der Waals surface area contributed by atoms with Crippen molar-refractivity contribution in [1.82, 2.24) is 9.80 Å². The topological polar surface area (TPSA) is 86.8 Å². The van der Waals surface area contributed by atoms with Crippen molar-refractivity contribution in [3.63, 3.8) is 0 Å². The minimum Gasteiger partial charge on any atom is -0.325 e. The number of rotatable bonds is 2. The van der Waals surface area contributed by atoms with Gasteiger partial charge in [-0.1, -0.05) is 6.07 Å². The molecule has 1 fully saturated rings. The number of barbiturate groups is 1. The fraction of sp³-hybridized carbons (Fsp3) is 0.286. The van der Waals surface area contributed by atoms with E-state index in [1.54, 1.807) is 0 Å². The molecule has 0 saturated carbocycles. The molecule has 0 unspecified atom stereocenters. The summed E-state index contributed by atoms with van der Waals surface area (Å²) in [5.41, 5.74) is -1.22. The third kappa shape index (κ3) is 3.07. The zero-order valence-electron chi connectivity index (χ0n) is 12.5. The van der Waals surface area contributed by atoms with Crippen molar-refractivity contribution in [2.75, 3.05) is 19.4 Å². The Morgan fingerprint density at radius 2 is 1.62 bits per heavy atom. The van der Waals surface area contributed by atoms with Crippen molar-refractivity contribution < 1.29 is 32.3 Å². The molecule has 7 nitrogen and oxygen atoms in total. The Bertz CT molecular complexity index is 708. The molecule has 1 aliphatic heterocycles.